The molecule has 1 saturated carbocycles. The Bertz CT molecular complexity index is 493. The van der Waals surface area contributed by atoms with Crippen LogP contribution in [0.5, 0.6) is 5.75 Å². The largest absolute Gasteiger partial charge is 0.491 e. The summed E-state index contributed by atoms with van der Waals surface area (Å²) in [6.45, 7) is 3.11. The topological polar surface area (TPSA) is 64.3 Å². The summed E-state index contributed by atoms with van der Waals surface area (Å²) in [4.78, 5) is 12.2. The normalized spacial score (nSPS) is 21.3. The second-order valence-corrected chi connectivity index (χ2v) is 5.45. The number of ether oxygens (including phenoxy) is 1. The van der Waals surface area contributed by atoms with E-state index in [1.807, 2.05) is 6.92 Å². The van der Waals surface area contributed by atoms with Gasteiger partial charge in [0.25, 0.3) is 0 Å². The van der Waals surface area contributed by atoms with Crippen molar-refractivity contribution >= 4 is 5.91 Å². The van der Waals surface area contributed by atoms with E-state index in [0.29, 0.717) is 19.7 Å². The van der Waals surface area contributed by atoms with E-state index in [4.69, 9.17) is 10.5 Å². The van der Waals surface area contributed by atoms with Gasteiger partial charge in [-0.2, -0.15) is 0 Å². The van der Waals surface area contributed by atoms with E-state index >= 15 is 0 Å². The molecular weight excluding hydrogens is 271 g/mol. The second-order valence-electron chi connectivity index (χ2n) is 5.45. The molecule has 2 atom stereocenters. The number of nitrogens with two attached hydrogens (primary N) is 1. The van der Waals surface area contributed by atoms with Crippen molar-refractivity contribution in [3.63, 3.8) is 0 Å². The van der Waals surface area contributed by atoms with Crippen LogP contribution in [0, 0.1) is 17.7 Å². The molecule has 4 nitrogen and oxygen atoms in total. The van der Waals surface area contributed by atoms with Gasteiger partial charge in [0.05, 0.1) is 6.61 Å². The Kier molecular flexibility index (Phi) is 5.56. The molecule has 21 heavy (non-hydrogen) atoms. The zero-order valence-corrected chi connectivity index (χ0v) is 12.4. The summed E-state index contributed by atoms with van der Waals surface area (Å²) < 4.78 is 18.9. The van der Waals surface area contributed by atoms with Gasteiger partial charge < -0.3 is 15.8 Å². The lowest BCUT2D eigenvalue weighted by molar-refractivity contribution is -0.126. The second kappa shape index (κ2) is 7.41. The monoisotopic (exact) mass is 294 g/mol. The third-order valence-electron chi connectivity index (χ3n) is 4.06. The van der Waals surface area contributed by atoms with Gasteiger partial charge in [0.1, 0.15) is 0 Å². The smallest absolute Gasteiger partial charge is 0.223 e. The minimum Gasteiger partial charge on any atom is -0.491 e. The quantitative estimate of drug-likeness (QED) is 0.845. The Hall–Kier alpha value is -1.62. The van der Waals surface area contributed by atoms with Gasteiger partial charge in [-0.3, -0.25) is 4.79 Å². The first kappa shape index (κ1) is 15.8. The standard InChI is InChI=1S/C16H23FN2O2/c1-2-21-15-7-6-11(8-14(15)17)10-19-16(20)13-5-3-4-12(13)9-18/h6-8,12-13H,2-5,9-10,18H2,1H3,(H,19,20)/t12-,13-/m1/s1. The maximum absolute atomic E-state index is 13.7. The molecule has 1 amide bonds. The van der Waals surface area contributed by atoms with Gasteiger partial charge in [-0.25, -0.2) is 4.39 Å². The minimum atomic E-state index is -0.399. The fourth-order valence-corrected chi connectivity index (χ4v) is 2.91. The van der Waals surface area contributed by atoms with Crippen LogP contribution in [0.2, 0.25) is 0 Å². The predicted molar refractivity (Wildman–Crippen MR) is 79.3 cm³/mol. The van der Waals surface area contributed by atoms with Crippen LogP contribution in [0.1, 0.15) is 31.7 Å². The fourth-order valence-electron chi connectivity index (χ4n) is 2.91. The van der Waals surface area contributed by atoms with Crippen LogP contribution >= 0.6 is 0 Å². The molecule has 0 saturated heterocycles. The van der Waals surface area contributed by atoms with Crippen LogP contribution < -0.4 is 15.8 Å². The number of carbonyl (C=O) groups is 1. The molecule has 0 aromatic heterocycles. The van der Waals surface area contributed by atoms with Crippen LogP contribution in [0.25, 0.3) is 0 Å². The molecule has 2 rings (SSSR count). The van der Waals surface area contributed by atoms with E-state index in [0.717, 1.165) is 24.8 Å². The minimum absolute atomic E-state index is 0.00236. The molecule has 1 aliphatic rings. The maximum Gasteiger partial charge on any atom is 0.223 e. The molecule has 1 aromatic rings. The Labute approximate surface area is 124 Å². The highest BCUT2D eigenvalue weighted by Gasteiger charge is 2.31. The molecule has 0 unspecified atom stereocenters. The van der Waals surface area contributed by atoms with Crippen LogP contribution in [-0.2, 0) is 11.3 Å². The van der Waals surface area contributed by atoms with E-state index in [1.165, 1.54) is 6.07 Å². The molecular formula is C16H23FN2O2. The Balaban J connectivity index is 1.90. The number of carbonyl (C=O) groups excluding carboxylic acids is 1. The highest BCUT2D eigenvalue weighted by atomic mass is 19.1. The Morgan fingerprint density at radius 3 is 2.95 bits per heavy atom. The highest BCUT2D eigenvalue weighted by molar-refractivity contribution is 5.79. The molecule has 1 fully saturated rings. The van der Waals surface area contributed by atoms with E-state index in [-0.39, 0.29) is 23.5 Å². The number of benzene rings is 1. The van der Waals surface area contributed by atoms with Crippen LogP contribution in [0.15, 0.2) is 18.2 Å². The van der Waals surface area contributed by atoms with Crippen LogP contribution in [-0.4, -0.2) is 19.1 Å². The molecule has 116 valence electrons. The number of halogens is 1. The molecule has 0 bridgehead atoms. The molecule has 1 aliphatic carbocycles. The summed E-state index contributed by atoms with van der Waals surface area (Å²) >= 11 is 0. The highest BCUT2D eigenvalue weighted by Crippen LogP contribution is 2.31. The lowest BCUT2D eigenvalue weighted by Gasteiger charge is -2.17. The number of hydrogen-bond donors (Lipinski definition) is 2. The molecule has 0 spiro atoms. The number of hydrogen-bond acceptors (Lipinski definition) is 3. The van der Waals surface area contributed by atoms with E-state index in [9.17, 15) is 9.18 Å². The molecule has 0 heterocycles. The predicted octanol–water partition coefficient (Wildman–Crippen LogP) is 2.22. The van der Waals surface area contributed by atoms with Crippen molar-refractivity contribution in [3.05, 3.63) is 29.6 Å². The third-order valence-corrected chi connectivity index (χ3v) is 4.06. The summed E-state index contributed by atoms with van der Waals surface area (Å²) in [6, 6.07) is 4.77. The first-order valence-electron chi connectivity index (χ1n) is 7.54. The van der Waals surface area contributed by atoms with Crippen LogP contribution in [0.3, 0.4) is 0 Å². The van der Waals surface area contributed by atoms with Crippen molar-refractivity contribution in [2.75, 3.05) is 13.2 Å². The van der Waals surface area contributed by atoms with E-state index in [2.05, 4.69) is 5.32 Å². The van der Waals surface area contributed by atoms with Crippen molar-refractivity contribution in [2.45, 2.75) is 32.7 Å². The van der Waals surface area contributed by atoms with Crippen molar-refractivity contribution < 1.29 is 13.9 Å². The molecule has 1 aromatic carbocycles. The Morgan fingerprint density at radius 2 is 2.29 bits per heavy atom. The summed E-state index contributed by atoms with van der Waals surface area (Å²) in [5, 5.41) is 2.88. The van der Waals surface area contributed by atoms with Crippen LogP contribution in [0.4, 0.5) is 4.39 Å². The molecule has 3 N–H and O–H groups in total. The van der Waals surface area contributed by atoms with Crippen molar-refractivity contribution in [3.8, 4) is 5.75 Å². The van der Waals surface area contributed by atoms with E-state index in [1.54, 1.807) is 12.1 Å². The average Bonchev–Trinajstić information content (AvgIpc) is 2.96. The maximum atomic E-state index is 13.7. The lowest BCUT2D eigenvalue weighted by atomic mass is 9.95. The number of nitrogens with one attached hydrogen (secondary N) is 1. The van der Waals surface area contributed by atoms with Gasteiger partial charge in [0, 0.05) is 12.5 Å². The van der Waals surface area contributed by atoms with Gasteiger partial charge >= 0.3 is 0 Å². The summed E-state index contributed by atoms with van der Waals surface area (Å²) in [5.74, 6) is 0.151. The fraction of sp³-hybridized carbons (Fsp3) is 0.562. The van der Waals surface area contributed by atoms with Crippen molar-refractivity contribution in [1.82, 2.24) is 5.32 Å². The van der Waals surface area contributed by atoms with Gasteiger partial charge in [0.2, 0.25) is 5.91 Å². The van der Waals surface area contributed by atoms with Gasteiger partial charge in [0.15, 0.2) is 11.6 Å². The van der Waals surface area contributed by atoms with Crippen molar-refractivity contribution in [2.24, 2.45) is 17.6 Å². The number of amides is 1. The molecule has 5 heteroatoms. The summed E-state index contributed by atoms with van der Waals surface area (Å²) in [5.41, 5.74) is 6.42. The zero-order valence-electron chi connectivity index (χ0n) is 12.4. The van der Waals surface area contributed by atoms with Gasteiger partial charge in [-0.15, -0.1) is 0 Å². The first-order chi connectivity index (χ1) is 10.2. The zero-order chi connectivity index (χ0) is 15.2. The van der Waals surface area contributed by atoms with E-state index < -0.39 is 5.82 Å². The summed E-state index contributed by atoms with van der Waals surface area (Å²) in [7, 11) is 0. The molecule has 0 radical (unpaired) electrons. The molecule has 0 aliphatic heterocycles. The average molecular weight is 294 g/mol. The Morgan fingerprint density at radius 1 is 1.48 bits per heavy atom. The first-order valence-corrected chi connectivity index (χ1v) is 7.54. The van der Waals surface area contributed by atoms with Crippen molar-refractivity contribution in [1.29, 1.82) is 0 Å². The lowest BCUT2D eigenvalue weighted by Crippen LogP contribution is -2.34. The SMILES string of the molecule is CCOc1ccc(CNC(=O)[C@@H]2CCC[C@@H]2CN)cc1F. The third kappa shape index (κ3) is 3.94. The number of rotatable bonds is 6. The van der Waals surface area contributed by atoms with Gasteiger partial charge in [-0.1, -0.05) is 12.5 Å². The van der Waals surface area contributed by atoms with Gasteiger partial charge in [-0.05, 0) is 49.9 Å². The summed E-state index contributed by atoms with van der Waals surface area (Å²) in [6.07, 6.45) is 2.97.